The van der Waals surface area contributed by atoms with Crippen LogP contribution in [0.3, 0.4) is 0 Å². The van der Waals surface area contributed by atoms with Gasteiger partial charge in [0.2, 0.25) is 5.91 Å². The molecule has 0 aromatic rings. The Morgan fingerprint density at radius 3 is 1.81 bits per heavy atom. The lowest BCUT2D eigenvalue weighted by Gasteiger charge is -2.02. The highest BCUT2D eigenvalue weighted by atomic mass is 16.3. The molecule has 1 unspecified atom stereocenters. The summed E-state index contributed by atoms with van der Waals surface area (Å²) in [5.74, 6) is -0.316. The molecule has 0 fully saturated rings. The zero-order chi connectivity index (χ0) is 20.0. The predicted octanol–water partition coefficient (Wildman–Crippen LogP) is 5.92. The average molecular weight is 372 g/mol. The van der Waals surface area contributed by atoms with Crippen molar-refractivity contribution in [2.75, 3.05) is 0 Å². The van der Waals surface area contributed by atoms with Gasteiger partial charge in [0, 0.05) is 6.08 Å². The number of aliphatic hydroxyl groups excluding tert-OH is 1. The minimum atomic E-state index is -0.834. The number of aliphatic hydroxyl groups is 1. The number of allylic oxidation sites excluding steroid dienone is 11. The zero-order valence-electron chi connectivity index (χ0n) is 17.0. The van der Waals surface area contributed by atoms with E-state index in [2.05, 4.69) is 24.4 Å². The Kier molecular flexibility index (Phi) is 18.6. The number of carbonyl (C=O) groups excluding carboxylic acids is 1. The maximum absolute atomic E-state index is 11.2. The van der Waals surface area contributed by atoms with Crippen LogP contribution in [-0.4, -0.2) is 17.2 Å². The third-order valence-electron chi connectivity index (χ3n) is 3.71. The van der Waals surface area contributed by atoms with Gasteiger partial charge in [-0.2, -0.15) is 0 Å². The maximum atomic E-state index is 11.2. The highest BCUT2D eigenvalue weighted by Gasteiger charge is 1.96. The van der Waals surface area contributed by atoms with Crippen LogP contribution in [-0.2, 0) is 4.79 Å². The molecule has 3 nitrogen and oxygen atoms in total. The van der Waals surface area contributed by atoms with Crippen molar-refractivity contribution in [3.8, 4) is 0 Å². The third kappa shape index (κ3) is 21.8. The fraction of sp³-hybridized carbons (Fsp3) is 0.458. The Hall–Kier alpha value is -2.13. The number of hydrogen-bond acceptors (Lipinski definition) is 2. The summed E-state index contributed by atoms with van der Waals surface area (Å²) < 4.78 is 0. The molecule has 0 spiro atoms. The van der Waals surface area contributed by atoms with Gasteiger partial charge < -0.3 is 10.4 Å². The fourth-order valence-electron chi connectivity index (χ4n) is 2.30. The molecule has 1 atom stereocenters. The monoisotopic (exact) mass is 371 g/mol. The van der Waals surface area contributed by atoms with E-state index in [4.69, 9.17) is 5.11 Å². The van der Waals surface area contributed by atoms with Crippen LogP contribution >= 0.6 is 0 Å². The molecule has 0 saturated heterocycles. The summed E-state index contributed by atoms with van der Waals surface area (Å²) in [7, 11) is 0. The molecule has 0 radical (unpaired) electrons. The number of carbonyl (C=O) groups is 1. The van der Waals surface area contributed by atoms with Crippen LogP contribution in [0.5, 0.6) is 0 Å². The van der Waals surface area contributed by atoms with Crippen molar-refractivity contribution in [3.63, 3.8) is 0 Å². The number of amides is 1. The molecular weight excluding hydrogens is 334 g/mol. The predicted molar refractivity (Wildman–Crippen MR) is 117 cm³/mol. The van der Waals surface area contributed by atoms with Crippen LogP contribution in [0.2, 0.25) is 0 Å². The minimum Gasteiger partial charge on any atom is -0.374 e. The second-order valence-electron chi connectivity index (χ2n) is 6.42. The van der Waals surface area contributed by atoms with E-state index in [1.54, 1.807) is 12.2 Å². The van der Waals surface area contributed by atoms with Crippen molar-refractivity contribution in [1.82, 2.24) is 5.32 Å². The van der Waals surface area contributed by atoms with Crippen molar-refractivity contribution >= 4 is 5.91 Å². The van der Waals surface area contributed by atoms with E-state index in [0.717, 1.165) is 6.42 Å². The van der Waals surface area contributed by atoms with Crippen LogP contribution in [0.1, 0.15) is 65.2 Å². The van der Waals surface area contributed by atoms with E-state index >= 15 is 0 Å². The topological polar surface area (TPSA) is 49.3 Å². The second kappa shape index (κ2) is 20.2. The fourth-order valence-corrected chi connectivity index (χ4v) is 2.30. The van der Waals surface area contributed by atoms with Gasteiger partial charge >= 0.3 is 0 Å². The molecule has 150 valence electrons. The second-order valence-corrected chi connectivity index (χ2v) is 6.42. The van der Waals surface area contributed by atoms with Crippen molar-refractivity contribution in [2.45, 2.75) is 71.4 Å². The van der Waals surface area contributed by atoms with Crippen molar-refractivity contribution in [1.29, 1.82) is 0 Å². The molecule has 0 aromatic carbocycles. The van der Waals surface area contributed by atoms with Gasteiger partial charge in [-0.15, -0.1) is 0 Å². The summed E-state index contributed by atoms with van der Waals surface area (Å²) in [4.78, 5) is 11.2. The molecule has 0 aliphatic carbocycles. The lowest BCUT2D eigenvalue weighted by molar-refractivity contribution is -0.119. The first kappa shape index (κ1) is 24.9. The van der Waals surface area contributed by atoms with Crippen LogP contribution in [0.15, 0.2) is 72.9 Å². The van der Waals surface area contributed by atoms with Crippen LogP contribution < -0.4 is 5.32 Å². The number of unbranched alkanes of at least 4 members (excludes halogenated alkanes) is 7. The summed E-state index contributed by atoms with van der Waals surface area (Å²) in [5, 5.41) is 11.3. The highest BCUT2D eigenvalue weighted by Crippen LogP contribution is 2.08. The maximum Gasteiger partial charge on any atom is 0.245 e. The van der Waals surface area contributed by atoms with E-state index in [0.29, 0.717) is 0 Å². The molecule has 0 aliphatic heterocycles. The molecule has 1 amide bonds. The van der Waals surface area contributed by atoms with Gasteiger partial charge in [0.1, 0.15) is 6.23 Å². The van der Waals surface area contributed by atoms with E-state index in [9.17, 15) is 4.79 Å². The normalized spacial score (nSPS) is 14.0. The smallest absolute Gasteiger partial charge is 0.245 e. The molecule has 0 aromatic heterocycles. The Morgan fingerprint density at radius 1 is 0.778 bits per heavy atom. The summed E-state index contributed by atoms with van der Waals surface area (Å²) in [6.07, 6.45) is 32.5. The molecule has 0 saturated carbocycles. The van der Waals surface area contributed by atoms with Crippen molar-refractivity contribution in [3.05, 3.63) is 72.9 Å². The van der Waals surface area contributed by atoms with Crippen molar-refractivity contribution in [2.24, 2.45) is 0 Å². The molecule has 0 bridgehead atoms. The Balaban J connectivity index is 3.68. The first-order chi connectivity index (χ1) is 13.2. The first-order valence-electron chi connectivity index (χ1n) is 10.1. The van der Waals surface area contributed by atoms with Gasteiger partial charge in [-0.05, 0) is 19.8 Å². The van der Waals surface area contributed by atoms with Gasteiger partial charge in [-0.25, -0.2) is 0 Å². The molecule has 3 heteroatoms. The van der Waals surface area contributed by atoms with Crippen LogP contribution in [0.25, 0.3) is 0 Å². The number of hydrogen-bond donors (Lipinski definition) is 2. The van der Waals surface area contributed by atoms with E-state index < -0.39 is 6.23 Å². The Morgan fingerprint density at radius 2 is 1.26 bits per heavy atom. The number of rotatable bonds is 15. The first-order valence-corrected chi connectivity index (χ1v) is 10.1. The largest absolute Gasteiger partial charge is 0.374 e. The van der Waals surface area contributed by atoms with Gasteiger partial charge in [0.05, 0.1) is 0 Å². The molecule has 0 aliphatic rings. The third-order valence-corrected chi connectivity index (χ3v) is 3.71. The quantitative estimate of drug-likeness (QED) is 0.162. The Labute approximate surface area is 166 Å². The van der Waals surface area contributed by atoms with E-state index in [-0.39, 0.29) is 5.91 Å². The SMILES string of the molecule is CCCCCCCCCC=CC=CC=CC=CC=CC=CC(=O)NC(C)O. The summed E-state index contributed by atoms with van der Waals surface area (Å²) in [6.45, 7) is 3.75. The average Bonchev–Trinajstić information content (AvgIpc) is 2.63. The zero-order valence-corrected chi connectivity index (χ0v) is 17.0. The molecule has 27 heavy (non-hydrogen) atoms. The highest BCUT2D eigenvalue weighted by molar-refractivity contribution is 5.87. The molecule has 0 rings (SSSR count). The van der Waals surface area contributed by atoms with Gasteiger partial charge in [-0.1, -0.05) is 112 Å². The van der Waals surface area contributed by atoms with E-state index in [1.807, 2.05) is 42.5 Å². The lowest BCUT2D eigenvalue weighted by atomic mass is 10.1. The lowest BCUT2D eigenvalue weighted by Crippen LogP contribution is -2.30. The van der Waals surface area contributed by atoms with Gasteiger partial charge in [-0.3, -0.25) is 4.79 Å². The minimum absolute atomic E-state index is 0.316. The molecular formula is C24H37NO2. The molecule has 0 heterocycles. The van der Waals surface area contributed by atoms with Gasteiger partial charge in [0.15, 0.2) is 0 Å². The van der Waals surface area contributed by atoms with Crippen LogP contribution in [0.4, 0.5) is 0 Å². The molecule has 2 N–H and O–H groups in total. The van der Waals surface area contributed by atoms with Crippen molar-refractivity contribution < 1.29 is 9.90 Å². The van der Waals surface area contributed by atoms with E-state index in [1.165, 1.54) is 57.9 Å². The number of nitrogens with one attached hydrogen (secondary N) is 1. The summed E-state index contributed by atoms with van der Waals surface area (Å²) in [6, 6.07) is 0. The summed E-state index contributed by atoms with van der Waals surface area (Å²) >= 11 is 0. The summed E-state index contributed by atoms with van der Waals surface area (Å²) in [5.41, 5.74) is 0. The standard InChI is InChI=1S/C24H37NO2/c1-3-4-5-6-7-8-9-10-11-12-13-14-15-16-17-18-19-20-21-22-24(27)25-23(2)26/h11-23,26H,3-10H2,1-2H3,(H,25,27). The Bertz CT molecular complexity index is 522. The van der Waals surface area contributed by atoms with Crippen LogP contribution in [0, 0.1) is 0 Å². The van der Waals surface area contributed by atoms with Gasteiger partial charge in [0.25, 0.3) is 0 Å².